The minimum Gasteiger partial charge on any atom is -0.326 e. The third-order valence-corrected chi connectivity index (χ3v) is 6.42. The Bertz CT molecular complexity index is 1570. The van der Waals surface area contributed by atoms with Gasteiger partial charge in [-0.3, -0.25) is 9.78 Å². The number of carbonyl (C=O) groups is 1. The Balaban J connectivity index is 1.27. The van der Waals surface area contributed by atoms with Gasteiger partial charge in [0.25, 0.3) is 5.91 Å². The van der Waals surface area contributed by atoms with Crippen LogP contribution in [-0.4, -0.2) is 22.4 Å². The van der Waals surface area contributed by atoms with Gasteiger partial charge in [-0.15, -0.1) is 0 Å². The molecular formula is C29H24N4O. The number of hydrogen-bond acceptors (Lipinski definition) is 4. The highest BCUT2D eigenvalue weighted by Crippen LogP contribution is 2.35. The Hall–Kier alpha value is -4.25. The van der Waals surface area contributed by atoms with Gasteiger partial charge in [-0.2, -0.15) is 0 Å². The normalized spacial score (nSPS) is 12.8. The van der Waals surface area contributed by atoms with Crippen LogP contribution in [-0.2, 0) is 6.42 Å². The molecule has 0 aliphatic carbocycles. The fourth-order valence-electron chi connectivity index (χ4n) is 4.72. The summed E-state index contributed by atoms with van der Waals surface area (Å²) in [6.45, 7) is 4.90. The van der Waals surface area contributed by atoms with Crippen molar-refractivity contribution >= 4 is 44.9 Å². The van der Waals surface area contributed by atoms with Gasteiger partial charge in [0.05, 0.1) is 16.7 Å². The van der Waals surface area contributed by atoms with E-state index in [1.165, 1.54) is 16.5 Å². The standard InChI is InChI=1S/C29H24N4O/c1-18-7-8-21-17-22-13-14-33(28(22)31-26(21)15-18)23-11-9-20(10-12-23)29(34)32-27-16-19(2)30-25-6-4-3-5-24(25)27/h3-12,15-17H,13-14H2,1-2H3,(H,30,32,34). The molecule has 1 aliphatic heterocycles. The second kappa shape index (κ2) is 7.96. The summed E-state index contributed by atoms with van der Waals surface area (Å²) in [4.78, 5) is 24.8. The van der Waals surface area contributed by atoms with Crippen molar-refractivity contribution < 1.29 is 4.79 Å². The van der Waals surface area contributed by atoms with Crippen molar-refractivity contribution in [2.75, 3.05) is 16.8 Å². The molecule has 0 spiro atoms. The van der Waals surface area contributed by atoms with Gasteiger partial charge in [-0.05, 0) is 79.9 Å². The number of nitrogens with zero attached hydrogens (tertiary/aromatic N) is 3. The summed E-state index contributed by atoms with van der Waals surface area (Å²) in [5.74, 6) is 0.873. The van der Waals surface area contributed by atoms with Crippen molar-refractivity contribution in [1.82, 2.24) is 9.97 Å². The minimum atomic E-state index is -0.135. The molecule has 0 bridgehead atoms. The van der Waals surface area contributed by atoms with Gasteiger partial charge >= 0.3 is 0 Å². The number of hydrogen-bond donors (Lipinski definition) is 1. The molecule has 0 radical (unpaired) electrons. The number of aromatic nitrogens is 2. The van der Waals surface area contributed by atoms with E-state index in [4.69, 9.17) is 4.98 Å². The molecule has 34 heavy (non-hydrogen) atoms. The summed E-state index contributed by atoms with van der Waals surface area (Å²) in [5, 5.41) is 5.18. The van der Waals surface area contributed by atoms with Gasteiger partial charge in [0.15, 0.2) is 0 Å². The number of rotatable bonds is 3. The average molecular weight is 445 g/mol. The van der Waals surface area contributed by atoms with E-state index in [2.05, 4.69) is 46.4 Å². The molecule has 166 valence electrons. The van der Waals surface area contributed by atoms with Crippen LogP contribution in [0.2, 0.25) is 0 Å². The first-order valence-electron chi connectivity index (χ1n) is 11.5. The number of benzene rings is 3. The summed E-state index contributed by atoms with van der Waals surface area (Å²) < 4.78 is 0. The smallest absolute Gasteiger partial charge is 0.255 e. The fourth-order valence-corrected chi connectivity index (χ4v) is 4.72. The molecule has 5 nitrogen and oxygen atoms in total. The number of amides is 1. The third-order valence-electron chi connectivity index (χ3n) is 6.42. The Kier molecular flexibility index (Phi) is 4.77. The van der Waals surface area contributed by atoms with Crippen LogP contribution in [0.4, 0.5) is 17.2 Å². The topological polar surface area (TPSA) is 58.1 Å². The van der Waals surface area contributed by atoms with Crippen molar-refractivity contribution in [2.24, 2.45) is 0 Å². The lowest BCUT2D eigenvalue weighted by Crippen LogP contribution is -2.16. The largest absolute Gasteiger partial charge is 0.326 e. The van der Waals surface area contributed by atoms with Gasteiger partial charge in [0.2, 0.25) is 0 Å². The maximum atomic E-state index is 13.0. The first-order chi connectivity index (χ1) is 16.5. The Morgan fingerprint density at radius 1 is 0.882 bits per heavy atom. The van der Waals surface area contributed by atoms with Crippen molar-refractivity contribution in [3.63, 3.8) is 0 Å². The zero-order valence-corrected chi connectivity index (χ0v) is 19.2. The number of aryl methyl sites for hydroxylation is 2. The lowest BCUT2D eigenvalue weighted by Gasteiger charge is -2.19. The average Bonchev–Trinajstić information content (AvgIpc) is 3.25. The highest BCUT2D eigenvalue weighted by Gasteiger charge is 2.23. The zero-order valence-electron chi connectivity index (χ0n) is 19.2. The summed E-state index contributed by atoms with van der Waals surface area (Å²) >= 11 is 0. The highest BCUT2D eigenvalue weighted by molar-refractivity contribution is 6.08. The number of fused-ring (bicyclic) bond motifs is 3. The van der Waals surface area contributed by atoms with Crippen molar-refractivity contribution in [1.29, 1.82) is 0 Å². The van der Waals surface area contributed by atoms with E-state index in [1.807, 2.05) is 61.5 Å². The van der Waals surface area contributed by atoms with Crippen LogP contribution in [0.3, 0.4) is 0 Å². The van der Waals surface area contributed by atoms with Crippen molar-refractivity contribution in [2.45, 2.75) is 20.3 Å². The van der Waals surface area contributed by atoms with E-state index < -0.39 is 0 Å². The number of nitrogens with one attached hydrogen (secondary N) is 1. The minimum absolute atomic E-state index is 0.135. The summed E-state index contributed by atoms with van der Waals surface area (Å²) in [7, 11) is 0. The molecule has 0 atom stereocenters. The predicted octanol–water partition coefficient (Wildman–Crippen LogP) is 6.35. The number of carbonyl (C=O) groups excluding carboxylic acids is 1. The SMILES string of the molecule is Cc1ccc2cc3c(nc2c1)N(c1ccc(C(=O)Nc2cc(C)nc4ccccc24)cc1)CC3. The highest BCUT2D eigenvalue weighted by atomic mass is 16.1. The van der Waals surface area contributed by atoms with E-state index in [1.54, 1.807) is 0 Å². The Morgan fingerprint density at radius 3 is 2.56 bits per heavy atom. The van der Waals surface area contributed by atoms with E-state index in [9.17, 15) is 4.79 Å². The van der Waals surface area contributed by atoms with Crippen LogP contribution in [0.15, 0.2) is 78.9 Å². The number of pyridine rings is 2. The molecule has 5 heteroatoms. The summed E-state index contributed by atoms with van der Waals surface area (Å²) in [5.41, 5.74) is 7.65. The van der Waals surface area contributed by atoms with E-state index in [0.717, 1.165) is 52.3 Å². The van der Waals surface area contributed by atoms with Gasteiger partial charge in [-0.25, -0.2) is 4.98 Å². The van der Waals surface area contributed by atoms with Gasteiger partial charge in [0, 0.05) is 34.3 Å². The predicted molar refractivity (Wildman–Crippen MR) is 138 cm³/mol. The van der Waals surface area contributed by atoms with Crippen molar-refractivity contribution in [3.8, 4) is 0 Å². The molecular weight excluding hydrogens is 420 g/mol. The molecule has 3 aromatic carbocycles. The second-order valence-electron chi connectivity index (χ2n) is 8.90. The quantitative estimate of drug-likeness (QED) is 0.352. The molecule has 0 unspecified atom stereocenters. The zero-order chi connectivity index (χ0) is 23.2. The fraction of sp³-hybridized carbons (Fsp3) is 0.138. The van der Waals surface area contributed by atoms with Gasteiger partial charge in [0.1, 0.15) is 5.82 Å². The van der Waals surface area contributed by atoms with Gasteiger partial charge < -0.3 is 10.2 Å². The van der Waals surface area contributed by atoms with Crippen LogP contribution < -0.4 is 10.2 Å². The molecule has 6 rings (SSSR count). The first kappa shape index (κ1) is 20.4. The van der Waals surface area contributed by atoms with Crippen LogP contribution >= 0.6 is 0 Å². The monoisotopic (exact) mass is 444 g/mol. The molecule has 5 aromatic rings. The molecule has 0 fully saturated rings. The summed E-state index contributed by atoms with van der Waals surface area (Å²) in [6.07, 6.45) is 0.961. The van der Waals surface area contributed by atoms with Crippen molar-refractivity contribution in [3.05, 3.63) is 101 Å². The van der Waals surface area contributed by atoms with E-state index >= 15 is 0 Å². The Labute approximate surface area is 198 Å². The second-order valence-corrected chi connectivity index (χ2v) is 8.90. The maximum absolute atomic E-state index is 13.0. The van der Waals surface area contributed by atoms with Crippen LogP contribution in [0, 0.1) is 13.8 Å². The van der Waals surface area contributed by atoms with E-state index in [-0.39, 0.29) is 5.91 Å². The number of para-hydroxylation sites is 1. The van der Waals surface area contributed by atoms with Crippen LogP contribution in [0.25, 0.3) is 21.8 Å². The molecule has 1 aliphatic rings. The Morgan fingerprint density at radius 2 is 1.71 bits per heavy atom. The molecule has 1 amide bonds. The molecule has 3 heterocycles. The van der Waals surface area contributed by atoms with Crippen LogP contribution in [0.1, 0.15) is 27.2 Å². The summed E-state index contributed by atoms with van der Waals surface area (Å²) in [6, 6.07) is 26.2. The molecule has 0 saturated carbocycles. The lowest BCUT2D eigenvalue weighted by atomic mass is 10.1. The number of anilines is 3. The third kappa shape index (κ3) is 3.55. The molecule has 2 aromatic heterocycles. The maximum Gasteiger partial charge on any atom is 0.255 e. The first-order valence-corrected chi connectivity index (χ1v) is 11.5. The van der Waals surface area contributed by atoms with Crippen LogP contribution in [0.5, 0.6) is 0 Å². The molecule has 0 saturated heterocycles. The molecule has 1 N–H and O–H groups in total. The van der Waals surface area contributed by atoms with E-state index in [0.29, 0.717) is 5.56 Å². The van der Waals surface area contributed by atoms with Gasteiger partial charge in [-0.1, -0.05) is 30.3 Å². The lowest BCUT2D eigenvalue weighted by molar-refractivity contribution is 0.102.